The van der Waals surface area contributed by atoms with Gasteiger partial charge in [-0.15, -0.1) is 0 Å². The second-order valence-corrected chi connectivity index (χ2v) is 2.56. The fourth-order valence-electron chi connectivity index (χ4n) is 0.726. The lowest BCUT2D eigenvalue weighted by Crippen LogP contribution is -2.82. The maximum Gasteiger partial charge on any atom is 0.385 e. The third-order valence-corrected chi connectivity index (χ3v) is 1.58. The summed E-state index contributed by atoms with van der Waals surface area (Å²) >= 11 is 0. The zero-order valence-corrected chi connectivity index (χ0v) is 7.11. The number of halogens is 9. The molecule has 1 aliphatic rings. The maximum absolute atomic E-state index is 11.6. The summed E-state index contributed by atoms with van der Waals surface area (Å²) in [6.07, 6.45) is 0. The minimum atomic E-state index is -5.97. The predicted octanol–water partition coefficient (Wildman–Crippen LogP) is 3.52. The largest absolute Gasteiger partial charge is 0.385 e. The van der Waals surface area contributed by atoms with Crippen molar-refractivity contribution in [2.75, 3.05) is 6.67 Å². The van der Waals surface area contributed by atoms with E-state index in [1.54, 1.807) is 0 Å². The minimum Gasteiger partial charge on any atom is -0.251 e. The number of hydrogen-bond acceptors (Lipinski definition) is 0. The van der Waals surface area contributed by atoms with E-state index in [-0.39, 0.29) is 6.67 Å². The summed E-state index contributed by atoms with van der Waals surface area (Å²) in [5.41, 5.74) is 0. The summed E-state index contributed by atoms with van der Waals surface area (Å²) in [6.45, 7) is 1.21. The Hall–Kier alpha value is -0.630. The SMILES string of the molecule is CCF.FC1(F)C(F)(F)C(F)(F)C1(F)F. The van der Waals surface area contributed by atoms with Gasteiger partial charge in [-0.1, -0.05) is 0 Å². The molecular weight excluding hydrogens is 243 g/mol. The molecule has 0 amide bonds. The van der Waals surface area contributed by atoms with Crippen LogP contribution in [0.2, 0.25) is 0 Å². The molecule has 0 heterocycles. The fourth-order valence-corrected chi connectivity index (χ4v) is 0.726. The molecule has 92 valence electrons. The van der Waals surface area contributed by atoms with Crippen LogP contribution in [0.1, 0.15) is 6.92 Å². The molecule has 0 aromatic rings. The highest BCUT2D eigenvalue weighted by Gasteiger charge is 3.01. The van der Waals surface area contributed by atoms with E-state index < -0.39 is 23.7 Å². The van der Waals surface area contributed by atoms with Crippen molar-refractivity contribution >= 4 is 0 Å². The summed E-state index contributed by atoms with van der Waals surface area (Å²) in [4.78, 5) is 0. The molecule has 1 saturated carbocycles. The van der Waals surface area contributed by atoms with Gasteiger partial charge in [0.2, 0.25) is 0 Å². The molecule has 0 unspecified atom stereocenters. The van der Waals surface area contributed by atoms with Gasteiger partial charge in [-0.2, -0.15) is 35.1 Å². The van der Waals surface area contributed by atoms with Crippen molar-refractivity contribution in [1.82, 2.24) is 0 Å². The van der Waals surface area contributed by atoms with Crippen molar-refractivity contribution in [2.45, 2.75) is 30.6 Å². The van der Waals surface area contributed by atoms with Crippen LogP contribution < -0.4 is 0 Å². The Kier molecular flexibility index (Phi) is 3.30. The standard InChI is InChI=1S/C4F8.C2H5F/c5-1(6)2(7,8)4(11,12)3(1,9)10;1-2-3/h;2H2,1H3. The lowest BCUT2D eigenvalue weighted by molar-refractivity contribution is -0.506. The van der Waals surface area contributed by atoms with Crippen LogP contribution in [-0.4, -0.2) is 30.4 Å². The Morgan fingerprint density at radius 3 is 0.733 bits per heavy atom. The Bertz CT molecular complexity index is 167. The molecule has 9 heteroatoms. The van der Waals surface area contributed by atoms with E-state index in [0.717, 1.165) is 0 Å². The number of alkyl halides is 9. The highest BCUT2D eigenvalue weighted by Crippen LogP contribution is 2.69. The fraction of sp³-hybridized carbons (Fsp3) is 1.00. The molecule has 0 aromatic heterocycles. The number of hydrogen-bond donors (Lipinski definition) is 0. The van der Waals surface area contributed by atoms with Crippen molar-refractivity contribution in [1.29, 1.82) is 0 Å². The van der Waals surface area contributed by atoms with Crippen LogP contribution in [-0.2, 0) is 0 Å². The van der Waals surface area contributed by atoms with Crippen LogP contribution in [0.5, 0.6) is 0 Å². The van der Waals surface area contributed by atoms with Crippen molar-refractivity contribution in [3.63, 3.8) is 0 Å². The van der Waals surface area contributed by atoms with Crippen LogP contribution in [0.3, 0.4) is 0 Å². The summed E-state index contributed by atoms with van der Waals surface area (Å²) in [7, 11) is 0. The average Bonchev–Trinajstić information content (AvgIpc) is 2.03. The summed E-state index contributed by atoms with van der Waals surface area (Å²) in [5, 5.41) is 0. The lowest BCUT2D eigenvalue weighted by atomic mass is 9.80. The first-order chi connectivity index (χ1) is 6.41. The molecule has 15 heavy (non-hydrogen) atoms. The van der Waals surface area contributed by atoms with Gasteiger partial charge in [0.05, 0.1) is 6.67 Å². The summed E-state index contributed by atoms with van der Waals surface area (Å²) in [6, 6.07) is 0. The molecule has 0 radical (unpaired) electrons. The van der Waals surface area contributed by atoms with E-state index in [1.165, 1.54) is 6.92 Å². The molecule has 1 fully saturated rings. The minimum absolute atomic E-state index is 0.250. The van der Waals surface area contributed by atoms with E-state index in [9.17, 15) is 39.5 Å². The molecule has 0 atom stereocenters. The van der Waals surface area contributed by atoms with E-state index in [2.05, 4.69) is 0 Å². The highest BCUT2D eigenvalue weighted by molar-refractivity contribution is 5.22. The first-order valence-corrected chi connectivity index (χ1v) is 3.49. The molecule has 0 aromatic carbocycles. The van der Waals surface area contributed by atoms with Gasteiger partial charge in [-0.05, 0) is 6.92 Å². The second kappa shape index (κ2) is 3.44. The van der Waals surface area contributed by atoms with Gasteiger partial charge >= 0.3 is 23.7 Å². The Morgan fingerprint density at radius 1 is 0.600 bits per heavy atom. The first kappa shape index (κ1) is 14.4. The molecule has 0 saturated heterocycles. The third-order valence-electron chi connectivity index (χ3n) is 1.58. The van der Waals surface area contributed by atoms with Crippen LogP contribution in [0.25, 0.3) is 0 Å². The van der Waals surface area contributed by atoms with Crippen LogP contribution in [0.4, 0.5) is 39.5 Å². The van der Waals surface area contributed by atoms with Crippen LogP contribution in [0, 0.1) is 0 Å². The first-order valence-electron chi connectivity index (χ1n) is 3.49. The molecule has 0 bridgehead atoms. The normalized spacial score (nSPS) is 28.4. The Morgan fingerprint density at radius 2 is 0.667 bits per heavy atom. The molecule has 0 N–H and O–H groups in total. The van der Waals surface area contributed by atoms with Gasteiger partial charge < -0.3 is 0 Å². The monoisotopic (exact) mass is 248 g/mol. The smallest absolute Gasteiger partial charge is 0.251 e. The predicted molar refractivity (Wildman–Crippen MR) is 31.4 cm³/mol. The average molecular weight is 248 g/mol. The highest BCUT2D eigenvalue weighted by atomic mass is 19.4. The van der Waals surface area contributed by atoms with E-state index in [1.807, 2.05) is 0 Å². The zero-order chi connectivity index (χ0) is 12.7. The van der Waals surface area contributed by atoms with E-state index >= 15 is 0 Å². The molecule has 1 aliphatic carbocycles. The molecule has 0 nitrogen and oxygen atoms in total. The topological polar surface area (TPSA) is 0 Å². The molecular formula is C6H5F9. The zero-order valence-electron chi connectivity index (χ0n) is 7.11. The summed E-state index contributed by atoms with van der Waals surface area (Å²) in [5.74, 6) is -23.9. The molecule has 0 aliphatic heterocycles. The summed E-state index contributed by atoms with van der Waals surface area (Å²) < 4.78 is 103. The van der Waals surface area contributed by atoms with Gasteiger partial charge in [0.25, 0.3) is 0 Å². The van der Waals surface area contributed by atoms with Crippen molar-refractivity contribution < 1.29 is 39.5 Å². The van der Waals surface area contributed by atoms with Crippen molar-refractivity contribution in [3.05, 3.63) is 0 Å². The van der Waals surface area contributed by atoms with Crippen molar-refractivity contribution in [2.24, 2.45) is 0 Å². The second-order valence-electron chi connectivity index (χ2n) is 2.56. The Labute approximate surface area is 78.1 Å². The van der Waals surface area contributed by atoms with Gasteiger partial charge in [0.1, 0.15) is 0 Å². The van der Waals surface area contributed by atoms with E-state index in [4.69, 9.17) is 0 Å². The quantitative estimate of drug-likeness (QED) is 0.575. The van der Waals surface area contributed by atoms with Gasteiger partial charge in [0.15, 0.2) is 0 Å². The van der Waals surface area contributed by atoms with Crippen LogP contribution in [0.15, 0.2) is 0 Å². The maximum atomic E-state index is 11.6. The van der Waals surface area contributed by atoms with Gasteiger partial charge in [-0.25, -0.2) is 0 Å². The van der Waals surface area contributed by atoms with Crippen molar-refractivity contribution in [3.8, 4) is 0 Å². The van der Waals surface area contributed by atoms with Gasteiger partial charge in [-0.3, -0.25) is 4.39 Å². The lowest BCUT2D eigenvalue weighted by Gasteiger charge is -2.49. The molecule has 1 rings (SSSR count). The molecule has 0 spiro atoms. The number of rotatable bonds is 0. The van der Waals surface area contributed by atoms with E-state index in [0.29, 0.717) is 0 Å². The Balaban J connectivity index is 0.000000583. The van der Waals surface area contributed by atoms with Gasteiger partial charge in [0, 0.05) is 0 Å². The van der Waals surface area contributed by atoms with Crippen LogP contribution >= 0.6 is 0 Å². The third kappa shape index (κ3) is 1.38.